The summed E-state index contributed by atoms with van der Waals surface area (Å²) >= 11 is 6.09. The number of rotatable bonds is 3. The molecule has 1 amide bonds. The van der Waals surface area contributed by atoms with Gasteiger partial charge in [0.1, 0.15) is 0 Å². The second-order valence-corrected chi connectivity index (χ2v) is 6.48. The summed E-state index contributed by atoms with van der Waals surface area (Å²) in [5, 5.41) is 7.98. The van der Waals surface area contributed by atoms with Gasteiger partial charge in [-0.05, 0) is 23.6 Å². The lowest BCUT2D eigenvalue weighted by Gasteiger charge is -2.36. The zero-order valence-corrected chi connectivity index (χ0v) is 14.0. The van der Waals surface area contributed by atoms with Crippen LogP contribution in [0.25, 0.3) is 0 Å². The third-order valence-corrected chi connectivity index (χ3v) is 4.30. The fraction of sp³-hybridized carbons (Fsp3) is 0.412. The molecule has 0 aliphatic carbocycles. The molecule has 1 unspecified atom stereocenters. The molecule has 122 valence electrons. The van der Waals surface area contributed by atoms with Crippen LogP contribution < -0.4 is 5.32 Å². The Morgan fingerprint density at radius 1 is 1.43 bits per heavy atom. The van der Waals surface area contributed by atoms with E-state index in [9.17, 15) is 4.79 Å². The molecule has 2 aromatic rings. The van der Waals surface area contributed by atoms with Gasteiger partial charge in [-0.3, -0.25) is 4.79 Å². The number of carbonyl (C=O) groups excluding carboxylic acids is 1. The Kier molecular flexibility index (Phi) is 4.68. The van der Waals surface area contributed by atoms with Gasteiger partial charge in [-0.25, -0.2) is 0 Å². The lowest BCUT2D eigenvalue weighted by atomic mass is 10.0. The Labute approximate surface area is 140 Å². The molecule has 0 radical (unpaired) electrons. The number of nitrogens with one attached hydrogen (secondary N) is 1. The number of carbonyl (C=O) groups is 1. The SMILES string of the molecule is CC(C)c1cc(C(=O)N2CCNCC2c2cccc(Cl)c2)on1. The highest BCUT2D eigenvalue weighted by Crippen LogP contribution is 2.27. The largest absolute Gasteiger partial charge is 0.351 e. The smallest absolute Gasteiger partial charge is 0.293 e. The second-order valence-electron chi connectivity index (χ2n) is 6.04. The van der Waals surface area contributed by atoms with E-state index in [1.807, 2.05) is 43.0 Å². The van der Waals surface area contributed by atoms with Crippen molar-refractivity contribution in [1.29, 1.82) is 0 Å². The second kappa shape index (κ2) is 6.72. The van der Waals surface area contributed by atoms with Gasteiger partial charge in [-0.15, -0.1) is 0 Å². The standard InChI is InChI=1S/C17H20ClN3O2/c1-11(2)14-9-16(23-20-14)17(22)21-7-6-19-10-15(21)12-4-3-5-13(18)8-12/h3-5,8-9,11,15,19H,6-7,10H2,1-2H3. The van der Waals surface area contributed by atoms with Gasteiger partial charge in [0.2, 0.25) is 5.76 Å². The van der Waals surface area contributed by atoms with E-state index in [0.717, 1.165) is 17.8 Å². The molecule has 5 nitrogen and oxygen atoms in total. The maximum Gasteiger partial charge on any atom is 0.293 e. The van der Waals surface area contributed by atoms with Crippen LogP contribution in [0.5, 0.6) is 0 Å². The lowest BCUT2D eigenvalue weighted by molar-refractivity contribution is 0.0592. The van der Waals surface area contributed by atoms with Gasteiger partial charge in [0.25, 0.3) is 5.91 Å². The van der Waals surface area contributed by atoms with Crippen LogP contribution in [0.4, 0.5) is 0 Å². The third-order valence-electron chi connectivity index (χ3n) is 4.07. The fourth-order valence-electron chi connectivity index (χ4n) is 2.76. The maximum absolute atomic E-state index is 12.8. The lowest BCUT2D eigenvalue weighted by Crippen LogP contribution is -2.48. The summed E-state index contributed by atoms with van der Waals surface area (Å²) in [5.74, 6) is 0.394. The van der Waals surface area contributed by atoms with Crippen LogP contribution in [0, 0.1) is 0 Å². The molecule has 1 atom stereocenters. The van der Waals surface area contributed by atoms with Crippen molar-refractivity contribution in [3.05, 3.63) is 52.4 Å². The normalized spacial score (nSPS) is 18.4. The van der Waals surface area contributed by atoms with Crippen molar-refractivity contribution in [3.8, 4) is 0 Å². The van der Waals surface area contributed by atoms with E-state index in [4.69, 9.17) is 16.1 Å². The monoisotopic (exact) mass is 333 g/mol. The number of aromatic nitrogens is 1. The van der Waals surface area contributed by atoms with Gasteiger partial charge < -0.3 is 14.7 Å². The van der Waals surface area contributed by atoms with Crippen molar-refractivity contribution in [2.45, 2.75) is 25.8 Å². The number of hydrogen-bond acceptors (Lipinski definition) is 4. The molecule has 1 N–H and O–H groups in total. The van der Waals surface area contributed by atoms with Gasteiger partial charge >= 0.3 is 0 Å². The number of nitrogens with zero attached hydrogens (tertiary/aromatic N) is 2. The average molecular weight is 334 g/mol. The molecular weight excluding hydrogens is 314 g/mol. The van der Waals surface area contributed by atoms with E-state index in [1.54, 1.807) is 6.07 Å². The average Bonchev–Trinajstić information content (AvgIpc) is 3.04. The highest BCUT2D eigenvalue weighted by molar-refractivity contribution is 6.30. The number of hydrogen-bond donors (Lipinski definition) is 1. The van der Waals surface area contributed by atoms with Crippen LogP contribution in [-0.2, 0) is 0 Å². The van der Waals surface area contributed by atoms with Crippen LogP contribution >= 0.6 is 11.6 Å². The van der Waals surface area contributed by atoms with Crippen LogP contribution in [0.2, 0.25) is 5.02 Å². The molecule has 0 bridgehead atoms. The molecule has 2 heterocycles. The number of benzene rings is 1. The fourth-order valence-corrected chi connectivity index (χ4v) is 2.96. The molecule has 23 heavy (non-hydrogen) atoms. The Hall–Kier alpha value is -1.85. The minimum Gasteiger partial charge on any atom is -0.351 e. The van der Waals surface area contributed by atoms with Crippen LogP contribution in [0.3, 0.4) is 0 Å². The van der Waals surface area contributed by atoms with Gasteiger partial charge in [0.15, 0.2) is 0 Å². The van der Waals surface area contributed by atoms with Crippen molar-refractivity contribution < 1.29 is 9.32 Å². The summed E-state index contributed by atoms with van der Waals surface area (Å²) < 4.78 is 5.26. The van der Waals surface area contributed by atoms with Gasteiger partial charge in [0, 0.05) is 30.7 Å². The minimum atomic E-state index is -0.129. The van der Waals surface area contributed by atoms with Crippen LogP contribution in [-0.4, -0.2) is 35.6 Å². The Bertz CT molecular complexity index is 699. The molecule has 0 spiro atoms. The molecule has 1 aliphatic rings. The first-order valence-corrected chi connectivity index (χ1v) is 8.18. The van der Waals surface area contributed by atoms with E-state index in [0.29, 0.717) is 23.9 Å². The quantitative estimate of drug-likeness (QED) is 0.936. The third kappa shape index (κ3) is 3.41. The van der Waals surface area contributed by atoms with E-state index in [1.165, 1.54) is 0 Å². The highest BCUT2D eigenvalue weighted by atomic mass is 35.5. The Morgan fingerprint density at radius 3 is 2.96 bits per heavy atom. The number of piperazine rings is 1. The first kappa shape index (κ1) is 16.0. The summed E-state index contributed by atoms with van der Waals surface area (Å²) in [6.07, 6.45) is 0. The number of halogens is 1. The van der Waals surface area contributed by atoms with Crippen molar-refractivity contribution in [3.63, 3.8) is 0 Å². The van der Waals surface area contributed by atoms with Crippen molar-refractivity contribution in [2.75, 3.05) is 19.6 Å². The molecule has 3 rings (SSSR count). The summed E-state index contributed by atoms with van der Waals surface area (Å²) in [7, 11) is 0. The van der Waals surface area contributed by atoms with Crippen LogP contribution in [0.1, 0.15) is 47.6 Å². The van der Waals surface area contributed by atoms with Gasteiger partial charge in [0.05, 0.1) is 11.7 Å². The topological polar surface area (TPSA) is 58.4 Å². The van der Waals surface area contributed by atoms with E-state index < -0.39 is 0 Å². The molecule has 0 saturated carbocycles. The van der Waals surface area contributed by atoms with Crippen LogP contribution in [0.15, 0.2) is 34.9 Å². The molecule has 1 saturated heterocycles. The van der Waals surface area contributed by atoms with Gasteiger partial charge in [-0.1, -0.05) is 42.7 Å². The van der Waals surface area contributed by atoms with Crippen molar-refractivity contribution in [2.24, 2.45) is 0 Å². The Morgan fingerprint density at radius 2 is 2.26 bits per heavy atom. The highest BCUT2D eigenvalue weighted by Gasteiger charge is 2.31. The first-order chi connectivity index (χ1) is 11.1. The molecule has 1 aromatic carbocycles. The number of amides is 1. The van der Waals surface area contributed by atoms with E-state index >= 15 is 0 Å². The summed E-state index contributed by atoms with van der Waals surface area (Å²) in [6, 6.07) is 9.30. The maximum atomic E-state index is 12.8. The molecule has 6 heteroatoms. The summed E-state index contributed by atoms with van der Waals surface area (Å²) in [5.41, 5.74) is 1.81. The van der Waals surface area contributed by atoms with Crippen molar-refractivity contribution in [1.82, 2.24) is 15.4 Å². The first-order valence-electron chi connectivity index (χ1n) is 7.80. The molecular formula is C17H20ClN3O2. The molecule has 1 aromatic heterocycles. The van der Waals surface area contributed by atoms with E-state index in [2.05, 4.69) is 10.5 Å². The van der Waals surface area contributed by atoms with Crippen molar-refractivity contribution >= 4 is 17.5 Å². The summed E-state index contributed by atoms with van der Waals surface area (Å²) in [6.45, 7) is 6.11. The zero-order valence-electron chi connectivity index (χ0n) is 13.3. The predicted molar refractivity (Wildman–Crippen MR) is 88.7 cm³/mol. The zero-order chi connectivity index (χ0) is 16.4. The molecule has 1 aliphatic heterocycles. The Balaban J connectivity index is 1.87. The molecule has 1 fully saturated rings. The summed E-state index contributed by atoms with van der Waals surface area (Å²) in [4.78, 5) is 14.7. The van der Waals surface area contributed by atoms with Gasteiger partial charge in [-0.2, -0.15) is 0 Å². The van der Waals surface area contributed by atoms with E-state index in [-0.39, 0.29) is 17.9 Å². The minimum absolute atomic E-state index is 0.0671. The predicted octanol–water partition coefficient (Wildman–Crippen LogP) is 3.24.